The van der Waals surface area contributed by atoms with Gasteiger partial charge < -0.3 is 14.0 Å². The first kappa shape index (κ1) is 12.1. The average molecular weight is 267 g/mol. The smallest absolute Gasteiger partial charge is 0.202 e. The minimum Gasteiger partial charge on any atom is -0.486 e. The zero-order valence-corrected chi connectivity index (χ0v) is 10.2. The topological polar surface area (TPSA) is 40.5 Å². The van der Waals surface area contributed by atoms with Gasteiger partial charge in [-0.25, -0.2) is 4.39 Å². The molecule has 0 radical (unpaired) electrons. The van der Waals surface area contributed by atoms with Gasteiger partial charge in [-0.1, -0.05) is 0 Å². The molecule has 1 unspecified atom stereocenters. The molecule has 0 spiro atoms. The molecule has 2 aromatic rings. The van der Waals surface area contributed by atoms with Crippen LogP contribution in [0, 0.1) is 11.6 Å². The Morgan fingerprint density at radius 1 is 1.53 bits per heavy atom. The fourth-order valence-corrected chi connectivity index (χ4v) is 2.37. The number of hydrogen-bond acceptors (Lipinski definition) is 3. The molecule has 19 heavy (non-hydrogen) atoms. The van der Waals surface area contributed by atoms with Crippen LogP contribution in [-0.4, -0.2) is 24.9 Å². The van der Waals surface area contributed by atoms with E-state index in [-0.39, 0.29) is 34.7 Å². The molecule has 1 aromatic carbocycles. The maximum atomic E-state index is 13.7. The Balaban J connectivity index is 2.38. The highest BCUT2D eigenvalue weighted by atomic mass is 19.2. The van der Waals surface area contributed by atoms with Crippen molar-refractivity contribution < 1.29 is 18.3 Å². The summed E-state index contributed by atoms with van der Waals surface area (Å²) in [7, 11) is 1.54. The van der Waals surface area contributed by atoms with E-state index in [1.165, 1.54) is 6.07 Å². The number of methoxy groups -OCH3 is 1. The fourth-order valence-electron chi connectivity index (χ4n) is 2.37. The van der Waals surface area contributed by atoms with Gasteiger partial charge in [-0.3, -0.25) is 4.79 Å². The van der Waals surface area contributed by atoms with Crippen molar-refractivity contribution in [1.29, 1.82) is 0 Å². The number of benzene rings is 1. The van der Waals surface area contributed by atoms with Crippen LogP contribution in [0.5, 0.6) is 5.75 Å². The third kappa shape index (κ3) is 1.71. The molecule has 0 amide bonds. The van der Waals surface area contributed by atoms with E-state index in [0.717, 1.165) is 6.07 Å². The molecule has 0 aliphatic carbocycles. The number of aromatic nitrogens is 1. The van der Waals surface area contributed by atoms with E-state index in [1.54, 1.807) is 17.9 Å². The number of rotatable bonds is 2. The van der Waals surface area contributed by atoms with Crippen LogP contribution in [0.3, 0.4) is 0 Å². The number of nitrogens with zero attached hydrogens (tertiary/aromatic N) is 1. The summed E-state index contributed by atoms with van der Waals surface area (Å²) in [6.07, 6.45) is 1.55. The van der Waals surface area contributed by atoms with Gasteiger partial charge >= 0.3 is 0 Å². The number of ether oxygens (including phenoxy) is 2. The summed E-state index contributed by atoms with van der Waals surface area (Å²) in [6.45, 7) is 0.523. The first-order valence-electron chi connectivity index (χ1n) is 5.78. The third-order valence-electron chi connectivity index (χ3n) is 3.23. The third-order valence-corrected chi connectivity index (χ3v) is 3.23. The van der Waals surface area contributed by atoms with E-state index in [4.69, 9.17) is 9.47 Å². The van der Waals surface area contributed by atoms with Gasteiger partial charge in [0.2, 0.25) is 5.82 Å². The second-order valence-corrected chi connectivity index (χ2v) is 4.41. The lowest BCUT2D eigenvalue weighted by atomic mass is 10.1. The molecule has 0 fully saturated rings. The second-order valence-electron chi connectivity index (χ2n) is 4.41. The Bertz CT molecular complexity index is 711. The minimum atomic E-state index is -1.08. The molecule has 0 N–H and O–H groups in total. The highest BCUT2D eigenvalue weighted by Crippen LogP contribution is 2.34. The predicted molar refractivity (Wildman–Crippen MR) is 64.5 cm³/mol. The van der Waals surface area contributed by atoms with Crippen LogP contribution in [0.15, 0.2) is 23.1 Å². The van der Waals surface area contributed by atoms with E-state index in [9.17, 15) is 13.6 Å². The van der Waals surface area contributed by atoms with E-state index < -0.39 is 11.6 Å². The first-order valence-corrected chi connectivity index (χ1v) is 5.78. The van der Waals surface area contributed by atoms with Crippen LogP contribution >= 0.6 is 0 Å². The molecule has 2 heterocycles. The van der Waals surface area contributed by atoms with Gasteiger partial charge in [0, 0.05) is 19.4 Å². The molecular weight excluding hydrogens is 256 g/mol. The van der Waals surface area contributed by atoms with Crippen molar-refractivity contribution in [3.8, 4) is 5.75 Å². The predicted octanol–water partition coefficient (Wildman–Crippen LogP) is 1.86. The monoisotopic (exact) mass is 267 g/mol. The zero-order chi connectivity index (χ0) is 13.6. The van der Waals surface area contributed by atoms with Crippen molar-refractivity contribution in [2.24, 2.45) is 0 Å². The van der Waals surface area contributed by atoms with Crippen LogP contribution in [0.4, 0.5) is 8.78 Å². The summed E-state index contributed by atoms with van der Waals surface area (Å²) >= 11 is 0. The van der Waals surface area contributed by atoms with Crippen LogP contribution in [-0.2, 0) is 4.74 Å². The normalized spacial score (nSPS) is 17.5. The minimum absolute atomic E-state index is 0.109. The van der Waals surface area contributed by atoms with Gasteiger partial charge in [0.25, 0.3) is 0 Å². The number of pyridine rings is 1. The quantitative estimate of drug-likeness (QED) is 0.834. The summed E-state index contributed by atoms with van der Waals surface area (Å²) in [5.74, 6) is -2.36. The average Bonchev–Trinajstić information content (AvgIpc) is 2.40. The van der Waals surface area contributed by atoms with E-state index in [1.807, 2.05) is 0 Å². The lowest BCUT2D eigenvalue weighted by Crippen LogP contribution is -2.28. The molecule has 0 saturated heterocycles. The molecule has 6 heteroatoms. The van der Waals surface area contributed by atoms with Crippen LogP contribution in [0.2, 0.25) is 0 Å². The number of hydrogen-bond donors (Lipinski definition) is 0. The van der Waals surface area contributed by atoms with Crippen molar-refractivity contribution in [1.82, 2.24) is 4.57 Å². The van der Waals surface area contributed by atoms with E-state index in [0.29, 0.717) is 6.61 Å². The summed E-state index contributed by atoms with van der Waals surface area (Å²) in [5, 5.41) is 0.109. The SMILES string of the molecule is COCC1COc2c(F)c(F)cc3c(=O)ccn1c23. The molecular formula is C13H11F2NO3. The van der Waals surface area contributed by atoms with E-state index in [2.05, 4.69) is 0 Å². The fraction of sp³-hybridized carbons (Fsp3) is 0.308. The Hall–Kier alpha value is -1.95. The van der Waals surface area contributed by atoms with Crippen molar-refractivity contribution in [2.75, 3.05) is 20.3 Å². The molecule has 4 nitrogen and oxygen atoms in total. The molecule has 1 aromatic heterocycles. The molecule has 100 valence electrons. The Morgan fingerprint density at radius 2 is 2.32 bits per heavy atom. The molecule has 0 saturated carbocycles. The Morgan fingerprint density at radius 3 is 3.05 bits per heavy atom. The van der Waals surface area contributed by atoms with Gasteiger partial charge in [-0.05, 0) is 6.07 Å². The largest absolute Gasteiger partial charge is 0.486 e. The van der Waals surface area contributed by atoms with Crippen molar-refractivity contribution in [2.45, 2.75) is 6.04 Å². The summed E-state index contributed by atoms with van der Waals surface area (Å²) < 4.78 is 39.2. The van der Waals surface area contributed by atoms with Gasteiger partial charge in [0.1, 0.15) is 6.61 Å². The van der Waals surface area contributed by atoms with Crippen LogP contribution in [0.1, 0.15) is 6.04 Å². The van der Waals surface area contributed by atoms with Crippen molar-refractivity contribution in [3.63, 3.8) is 0 Å². The lowest BCUT2D eigenvalue weighted by molar-refractivity contribution is 0.115. The standard InChI is InChI=1S/C13H11F2NO3/c1-18-5-7-6-19-13-11(15)9(14)4-8-10(17)2-3-16(7)12(8)13/h2-4,7H,5-6H2,1H3. The molecule has 1 atom stereocenters. The highest BCUT2D eigenvalue weighted by Gasteiger charge is 2.27. The van der Waals surface area contributed by atoms with Crippen molar-refractivity contribution >= 4 is 10.9 Å². The Kier molecular flexibility index (Phi) is 2.74. The lowest BCUT2D eigenvalue weighted by Gasteiger charge is -2.28. The zero-order valence-electron chi connectivity index (χ0n) is 10.2. The highest BCUT2D eigenvalue weighted by molar-refractivity contribution is 5.85. The molecule has 1 aliphatic rings. The van der Waals surface area contributed by atoms with E-state index >= 15 is 0 Å². The van der Waals surface area contributed by atoms with Gasteiger partial charge in [0.15, 0.2) is 17.0 Å². The second kappa shape index (κ2) is 4.31. The number of halogens is 2. The van der Waals surface area contributed by atoms with Crippen LogP contribution in [0.25, 0.3) is 10.9 Å². The van der Waals surface area contributed by atoms with Gasteiger partial charge in [-0.2, -0.15) is 4.39 Å². The summed E-state index contributed by atoms with van der Waals surface area (Å²) in [5.41, 5.74) is -0.0900. The Labute approximate surface area is 107 Å². The van der Waals surface area contributed by atoms with Crippen LogP contribution < -0.4 is 10.2 Å². The molecule has 3 rings (SSSR count). The molecule has 1 aliphatic heterocycles. The van der Waals surface area contributed by atoms with Gasteiger partial charge in [-0.15, -0.1) is 0 Å². The maximum absolute atomic E-state index is 13.7. The van der Waals surface area contributed by atoms with Gasteiger partial charge in [0.05, 0.1) is 23.6 Å². The summed E-state index contributed by atoms with van der Waals surface area (Å²) in [4.78, 5) is 11.8. The first-order chi connectivity index (χ1) is 9.13. The molecule has 0 bridgehead atoms. The van der Waals surface area contributed by atoms with Crippen molar-refractivity contribution in [3.05, 3.63) is 40.2 Å². The maximum Gasteiger partial charge on any atom is 0.202 e. The summed E-state index contributed by atoms with van der Waals surface area (Å²) in [6, 6.07) is 2.06.